The average molecular weight is 643 g/mol. The molecule has 2 fully saturated rings. The third-order valence-electron chi connectivity index (χ3n) is 7.33. The molecule has 1 N–H and O–H groups in total. The third kappa shape index (κ3) is 8.37. The average Bonchev–Trinajstić information content (AvgIpc) is 3.23. The Morgan fingerprint density at radius 1 is 1.07 bits per heavy atom. The summed E-state index contributed by atoms with van der Waals surface area (Å²) in [7, 11) is 0. The van der Waals surface area contributed by atoms with Gasteiger partial charge in [0.05, 0.1) is 18.8 Å². The number of hydrogen-bond acceptors (Lipinski definition) is 6. The van der Waals surface area contributed by atoms with Gasteiger partial charge in [-0.2, -0.15) is 13.2 Å². The SMILES string of the molecule is CCOc1cc(CC2CCC3(CC2)CC(=O)N(c2ccc(C(=O)O)cc2)C3)cc(OCC)c1Br.O=C([O-])C(F)(F)F. The third-order valence-corrected chi connectivity index (χ3v) is 8.12. The molecule has 2 aromatic carbocycles. The van der Waals surface area contributed by atoms with Crippen LogP contribution >= 0.6 is 15.9 Å². The Morgan fingerprint density at radius 3 is 2.02 bits per heavy atom. The number of aliphatic carboxylic acids is 1. The second-order valence-corrected chi connectivity index (χ2v) is 11.0. The van der Waals surface area contributed by atoms with E-state index in [0.717, 1.165) is 53.8 Å². The quantitative estimate of drug-likeness (QED) is 0.410. The number of alkyl halides is 3. The molecule has 0 bridgehead atoms. The minimum Gasteiger partial charge on any atom is -0.542 e. The van der Waals surface area contributed by atoms with Crippen LogP contribution in [0.5, 0.6) is 11.5 Å². The first-order valence-electron chi connectivity index (χ1n) is 13.3. The van der Waals surface area contributed by atoms with Crippen LogP contribution in [0.1, 0.15) is 61.9 Å². The molecule has 1 saturated heterocycles. The van der Waals surface area contributed by atoms with Crippen molar-refractivity contribution in [2.24, 2.45) is 11.3 Å². The number of carboxylic acids is 2. The molecule has 2 aliphatic rings. The number of nitrogens with zero attached hydrogens (tertiary/aromatic N) is 1. The molecule has 1 heterocycles. The summed E-state index contributed by atoms with van der Waals surface area (Å²) in [6.07, 6.45) is 0.576. The molecule has 1 spiro atoms. The summed E-state index contributed by atoms with van der Waals surface area (Å²) in [4.78, 5) is 34.6. The van der Waals surface area contributed by atoms with Crippen LogP contribution in [0.2, 0.25) is 0 Å². The molecule has 1 aliphatic heterocycles. The van der Waals surface area contributed by atoms with E-state index in [9.17, 15) is 22.8 Å². The van der Waals surface area contributed by atoms with Crippen LogP contribution in [0.15, 0.2) is 40.9 Å². The van der Waals surface area contributed by atoms with Gasteiger partial charge in [0.25, 0.3) is 0 Å². The summed E-state index contributed by atoms with van der Waals surface area (Å²) >= 11 is 3.61. The molecule has 0 aromatic heterocycles. The van der Waals surface area contributed by atoms with Gasteiger partial charge in [0.2, 0.25) is 5.91 Å². The Labute approximate surface area is 244 Å². The lowest BCUT2D eigenvalue weighted by Gasteiger charge is -2.36. The molecular formula is C29H32BrF3NO7-. The van der Waals surface area contributed by atoms with Gasteiger partial charge in [-0.15, -0.1) is 0 Å². The maximum atomic E-state index is 12.8. The Morgan fingerprint density at radius 2 is 1.59 bits per heavy atom. The van der Waals surface area contributed by atoms with Crippen molar-refractivity contribution in [3.63, 3.8) is 0 Å². The van der Waals surface area contributed by atoms with E-state index < -0.39 is 18.1 Å². The predicted molar refractivity (Wildman–Crippen MR) is 146 cm³/mol. The van der Waals surface area contributed by atoms with E-state index in [2.05, 4.69) is 28.1 Å². The zero-order valence-corrected chi connectivity index (χ0v) is 24.3. The summed E-state index contributed by atoms with van der Waals surface area (Å²) in [5.41, 5.74) is 2.26. The summed E-state index contributed by atoms with van der Waals surface area (Å²) in [6, 6.07) is 10.8. The Bertz CT molecular complexity index is 1210. The van der Waals surface area contributed by atoms with Crippen LogP contribution in [0, 0.1) is 11.3 Å². The molecule has 224 valence electrons. The number of hydrogen-bond donors (Lipinski definition) is 1. The standard InChI is InChI=1S/C27H32BrNO5.C2HF3O2/c1-3-33-22-14-19(15-23(25(22)28)34-4-2)13-18-9-11-27(12-10-18)16-24(30)29(17-27)21-7-5-20(6-8-21)26(31)32;3-2(4,5)1(6)7/h5-8,14-15,18H,3-4,9-13,16-17H2,1-2H3,(H,31,32);(H,6,7)/p-1. The number of benzene rings is 2. The van der Waals surface area contributed by atoms with Crippen LogP contribution in [0.4, 0.5) is 18.9 Å². The number of carbonyl (C=O) groups is 3. The van der Waals surface area contributed by atoms with E-state index in [1.165, 1.54) is 5.56 Å². The molecule has 1 amide bonds. The number of carboxylic acid groups (broad SMARTS) is 2. The maximum absolute atomic E-state index is 12.8. The molecule has 1 saturated carbocycles. The second kappa shape index (κ2) is 13.6. The number of rotatable bonds is 8. The lowest BCUT2D eigenvalue weighted by molar-refractivity contribution is -0.344. The van der Waals surface area contributed by atoms with E-state index in [1.54, 1.807) is 24.3 Å². The van der Waals surface area contributed by atoms with Crippen molar-refractivity contribution in [1.82, 2.24) is 0 Å². The zero-order valence-electron chi connectivity index (χ0n) is 22.8. The molecule has 4 rings (SSSR count). The fourth-order valence-corrected chi connectivity index (χ4v) is 5.80. The number of halogens is 4. The van der Waals surface area contributed by atoms with Gasteiger partial charge in [0.1, 0.15) is 21.9 Å². The number of ether oxygens (including phenoxy) is 2. The Hall–Kier alpha value is -3.28. The van der Waals surface area contributed by atoms with Gasteiger partial charge in [0.15, 0.2) is 0 Å². The summed E-state index contributed by atoms with van der Waals surface area (Å²) in [5.74, 6) is -1.62. The fraction of sp³-hybridized carbons (Fsp3) is 0.483. The molecule has 1 aliphatic carbocycles. The molecule has 0 unspecified atom stereocenters. The highest BCUT2D eigenvalue weighted by Gasteiger charge is 2.45. The largest absolute Gasteiger partial charge is 0.542 e. The smallest absolute Gasteiger partial charge is 0.430 e. The molecule has 12 heteroatoms. The van der Waals surface area contributed by atoms with Gasteiger partial charge in [-0.3, -0.25) is 4.79 Å². The lowest BCUT2D eigenvalue weighted by Crippen LogP contribution is -2.37. The second-order valence-electron chi connectivity index (χ2n) is 10.2. The minimum atomic E-state index is -5.19. The zero-order chi connectivity index (χ0) is 30.4. The number of carbonyl (C=O) groups excluding carboxylic acids is 2. The van der Waals surface area contributed by atoms with E-state index >= 15 is 0 Å². The van der Waals surface area contributed by atoms with Crippen molar-refractivity contribution in [1.29, 1.82) is 0 Å². The van der Waals surface area contributed by atoms with Crippen molar-refractivity contribution in [3.05, 3.63) is 52.0 Å². The van der Waals surface area contributed by atoms with Gasteiger partial charge in [-0.1, -0.05) is 0 Å². The summed E-state index contributed by atoms with van der Waals surface area (Å²) < 4.78 is 44.0. The number of anilines is 1. The van der Waals surface area contributed by atoms with Crippen molar-refractivity contribution < 1.29 is 47.2 Å². The molecule has 8 nitrogen and oxygen atoms in total. The van der Waals surface area contributed by atoms with Gasteiger partial charge in [-0.05, 0) is 115 Å². The Balaban J connectivity index is 0.000000587. The number of aromatic carboxylic acids is 1. The molecule has 0 atom stereocenters. The van der Waals surface area contributed by atoms with Gasteiger partial charge >= 0.3 is 12.1 Å². The van der Waals surface area contributed by atoms with Gasteiger partial charge < -0.3 is 29.4 Å². The number of amides is 1. The molecule has 0 radical (unpaired) electrons. The predicted octanol–water partition coefficient (Wildman–Crippen LogP) is 5.40. The summed E-state index contributed by atoms with van der Waals surface area (Å²) in [5, 5.41) is 17.9. The van der Waals surface area contributed by atoms with E-state index in [0.29, 0.717) is 32.1 Å². The van der Waals surface area contributed by atoms with Gasteiger partial charge in [-0.25, -0.2) is 4.79 Å². The van der Waals surface area contributed by atoms with E-state index in [-0.39, 0.29) is 16.9 Å². The van der Waals surface area contributed by atoms with Gasteiger partial charge in [0, 0.05) is 18.7 Å². The molecule has 2 aromatic rings. The normalized spacial score (nSPS) is 20.4. The van der Waals surface area contributed by atoms with Crippen LogP contribution < -0.4 is 19.5 Å². The van der Waals surface area contributed by atoms with E-state index in [1.807, 2.05) is 18.7 Å². The van der Waals surface area contributed by atoms with Crippen LogP contribution in [0.3, 0.4) is 0 Å². The summed E-state index contributed by atoms with van der Waals surface area (Å²) in [6.45, 7) is 5.87. The fourth-order valence-electron chi connectivity index (χ4n) is 5.34. The molecular weight excluding hydrogens is 611 g/mol. The highest BCUT2D eigenvalue weighted by Crippen LogP contribution is 2.48. The maximum Gasteiger partial charge on any atom is 0.430 e. The monoisotopic (exact) mass is 642 g/mol. The Kier molecular flexibility index (Phi) is 10.7. The van der Waals surface area contributed by atoms with Crippen molar-refractivity contribution in [3.8, 4) is 11.5 Å². The first-order valence-corrected chi connectivity index (χ1v) is 14.1. The van der Waals surface area contributed by atoms with Crippen LogP contribution in [-0.2, 0) is 16.0 Å². The highest BCUT2D eigenvalue weighted by atomic mass is 79.9. The van der Waals surface area contributed by atoms with Crippen molar-refractivity contribution in [2.45, 2.75) is 58.5 Å². The minimum absolute atomic E-state index is 0.0196. The van der Waals surface area contributed by atoms with Crippen LogP contribution in [-0.4, -0.2) is 48.9 Å². The van der Waals surface area contributed by atoms with Crippen molar-refractivity contribution in [2.75, 3.05) is 24.7 Å². The molecule has 41 heavy (non-hydrogen) atoms. The first-order chi connectivity index (χ1) is 19.3. The van der Waals surface area contributed by atoms with Crippen LogP contribution in [0.25, 0.3) is 0 Å². The lowest BCUT2D eigenvalue weighted by atomic mass is 9.69. The first kappa shape index (κ1) is 32.2. The van der Waals surface area contributed by atoms with Crippen molar-refractivity contribution >= 4 is 39.5 Å². The topological polar surface area (TPSA) is 116 Å². The van der Waals surface area contributed by atoms with E-state index in [4.69, 9.17) is 24.5 Å². The highest BCUT2D eigenvalue weighted by molar-refractivity contribution is 9.10.